The van der Waals surface area contributed by atoms with Crippen molar-refractivity contribution < 1.29 is 22.0 Å². The zero-order valence-electron chi connectivity index (χ0n) is 14.7. The number of nitrogens with zero attached hydrogens (tertiary/aromatic N) is 2. The largest absolute Gasteiger partial charge is 0.328 e. The Bertz CT molecular complexity index is 1050. The first kappa shape index (κ1) is 19.0. The molecule has 0 unspecified atom stereocenters. The number of anilines is 2. The van der Waals surface area contributed by atoms with Crippen LogP contribution < -0.4 is 10.2 Å². The molecule has 2 aromatic rings. The van der Waals surface area contributed by atoms with E-state index in [4.69, 9.17) is 0 Å². The fourth-order valence-corrected chi connectivity index (χ4v) is 4.09. The van der Waals surface area contributed by atoms with Crippen molar-refractivity contribution in [1.29, 1.82) is 0 Å². The molecule has 0 bridgehead atoms. The maximum atomic E-state index is 13.7. The second-order valence-electron chi connectivity index (χ2n) is 6.03. The summed E-state index contributed by atoms with van der Waals surface area (Å²) < 4.78 is 55.3. The summed E-state index contributed by atoms with van der Waals surface area (Å²) in [5.41, 5.74) is 0.254. The highest BCUT2D eigenvalue weighted by Crippen LogP contribution is 2.33. The van der Waals surface area contributed by atoms with Crippen molar-refractivity contribution in [3.63, 3.8) is 0 Å². The second kappa shape index (κ2) is 7.07. The highest BCUT2D eigenvalue weighted by atomic mass is 32.2. The number of nitrogens with one attached hydrogen (secondary N) is 1. The summed E-state index contributed by atoms with van der Waals surface area (Å²) in [5.74, 6) is -2.06. The van der Waals surface area contributed by atoms with Gasteiger partial charge in [-0.05, 0) is 43.7 Å². The van der Waals surface area contributed by atoms with Gasteiger partial charge in [-0.2, -0.15) is 8.42 Å². The monoisotopic (exact) mass is 393 g/mol. The van der Waals surface area contributed by atoms with Crippen LogP contribution in [0.5, 0.6) is 0 Å². The van der Waals surface area contributed by atoms with Crippen molar-refractivity contribution >= 4 is 33.1 Å². The lowest BCUT2D eigenvalue weighted by molar-refractivity contribution is 0.102. The van der Waals surface area contributed by atoms with Gasteiger partial charge in [-0.25, -0.2) is 8.78 Å². The van der Waals surface area contributed by atoms with Crippen LogP contribution in [0.3, 0.4) is 0 Å². The molecule has 1 aliphatic heterocycles. The highest BCUT2D eigenvalue weighted by molar-refractivity contribution is 7.90. The van der Waals surface area contributed by atoms with Crippen molar-refractivity contribution in [2.75, 3.05) is 16.8 Å². The summed E-state index contributed by atoms with van der Waals surface area (Å²) in [6, 6.07) is 6.93. The molecule has 0 aromatic heterocycles. The highest BCUT2D eigenvalue weighted by Gasteiger charge is 2.29. The van der Waals surface area contributed by atoms with Gasteiger partial charge in [0.25, 0.3) is 15.9 Å². The van der Waals surface area contributed by atoms with Crippen LogP contribution in [0.15, 0.2) is 45.7 Å². The molecule has 1 N–H and O–H groups in total. The standard InChI is InChI=1S/C18H17F2N3O3S/c1-3-8-23-11(2)22-27(25,26)17-9-12(4-7-16(17)23)18(24)21-15-6-5-13(19)10-14(15)20/h4-7,9-10H,3,8H2,1-2H3,(H,21,24). The van der Waals surface area contributed by atoms with Crippen LogP contribution in [-0.4, -0.2) is 26.7 Å². The minimum absolute atomic E-state index is 0.0206. The second-order valence-corrected chi connectivity index (χ2v) is 7.60. The van der Waals surface area contributed by atoms with Gasteiger partial charge in [-0.15, -0.1) is 4.40 Å². The maximum Gasteiger partial charge on any atom is 0.286 e. The van der Waals surface area contributed by atoms with E-state index < -0.39 is 27.6 Å². The first-order valence-electron chi connectivity index (χ1n) is 8.22. The van der Waals surface area contributed by atoms with Crippen molar-refractivity contribution in [2.24, 2.45) is 4.40 Å². The summed E-state index contributed by atoms with van der Waals surface area (Å²) in [5, 5.41) is 2.31. The lowest BCUT2D eigenvalue weighted by atomic mass is 10.1. The van der Waals surface area contributed by atoms with Crippen molar-refractivity contribution in [3.8, 4) is 0 Å². The van der Waals surface area contributed by atoms with E-state index in [0.717, 1.165) is 18.6 Å². The van der Waals surface area contributed by atoms with Gasteiger partial charge in [-0.3, -0.25) is 4.79 Å². The Morgan fingerprint density at radius 2 is 1.93 bits per heavy atom. The molecule has 0 saturated carbocycles. The van der Waals surface area contributed by atoms with Crippen LogP contribution in [0.25, 0.3) is 0 Å². The normalized spacial score (nSPS) is 15.1. The van der Waals surface area contributed by atoms with E-state index in [1.54, 1.807) is 11.8 Å². The lowest BCUT2D eigenvalue weighted by Gasteiger charge is -2.29. The molecule has 1 heterocycles. The van der Waals surface area contributed by atoms with Crippen LogP contribution in [0.4, 0.5) is 20.2 Å². The van der Waals surface area contributed by atoms with Gasteiger partial charge < -0.3 is 10.2 Å². The average molecular weight is 393 g/mol. The predicted molar refractivity (Wildman–Crippen MR) is 98.7 cm³/mol. The van der Waals surface area contributed by atoms with Crippen LogP contribution in [0.2, 0.25) is 0 Å². The molecule has 0 radical (unpaired) electrons. The molecular weight excluding hydrogens is 376 g/mol. The Labute approximate surface area is 155 Å². The Kier molecular flexibility index (Phi) is 4.97. The van der Waals surface area contributed by atoms with Crippen LogP contribution in [0, 0.1) is 11.6 Å². The van der Waals surface area contributed by atoms with Crippen molar-refractivity contribution in [2.45, 2.75) is 25.2 Å². The van der Waals surface area contributed by atoms with Gasteiger partial charge in [0.2, 0.25) is 0 Å². The lowest BCUT2D eigenvalue weighted by Crippen LogP contribution is -2.34. The summed E-state index contributed by atoms with van der Waals surface area (Å²) in [4.78, 5) is 14.1. The molecule has 3 rings (SSSR count). The van der Waals surface area contributed by atoms with Gasteiger partial charge in [0.15, 0.2) is 0 Å². The third-order valence-electron chi connectivity index (χ3n) is 4.06. The number of benzene rings is 2. The fourth-order valence-electron chi connectivity index (χ4n) is 2.82. The van der Waals surface area contributed by atoms with Crippen molar-refractivity contribution in [3.05, 3.63) is 53.6 Å². The minimum Gasteiger partial charge on any atom is -0.328 e. The predicted octanol–water partition coefficient (Wildman–Crippen LogP) is 3.55. The van der Waals surface area contributed by atoms with Crippen LogP contribution in [-0.2, 0) is 10.0 Å². The zero-order chi connectivity index (χ0) is 19.8. The van der Waals surface area contributed by atoms with E-state index in [2.05, 4.69) is 9.71 Å². The number of hydrogen-bond donors (Lipinski definition) is 1. The summed E-state index contributed by atoms with van der Waals surface area (Å²) in [6.07, 6.45) is 0.776. The third kappa shape index (κ3) is 3.68. The van der Waals surface area contributed by atoms with Gasteiger partial charge in [0.05, 0.1) is 11.4 Å². The number of halogens is 2. The Hall–Kier alpha value is -2.81. The number of hydrogen-bond acceptors (Lipinski definition) is 4. The van der Waals surface area contributed by atoms with E-state index in [1.807, 2.05) is 6.92 Å². The van der Waals surface area contributed by atoms with Crippen molar-refractivity contribution in [1.82, 2.24) is 0 Å². The van der Waals surface area contributed by atoms with Gasteiger partial charge >= 0.3 is 0 Å². The molecular formula is C18H17F2N3O3S. The summed E-state index contributed by atoms with van der Waals surface area (Å²) >= 11 is 0. The summed E-state index contributed by atoms with van der Waals surface area (Å²) in [6.45, 7) is 4.13. The smallest absolute Gasteiger partial charge is 0.286 e. The number of carbonyl (C=O) groups excluding carboxylic acids is 1. The van der Waals surface area contributed by atoms with E-state index >= 15 is 0 Å². The number of rotatable bonds is 4. The Morgan fingerprint density at radius 1 is 1.19 bits per heavy atom. The van der Waals surface area contributed by atoms with E-state index in [-0.39, 0.29) is 16.1 Å². The number of carbonyl (C=O) groups is 1. The van der Waals surface area contributed by atoms with Gasteiger partial charge in [0.1, 0.15) is 22.4 Å². The topological polar surface area (TPSA) is 78.8 Å². The van der Waals surface area contributed by atoms with Crippen LogP contribution >= 0.6 is 0 Å². The average Bonchev–Trinajstić information content (AvgIpc) is 2.60. The maximum absolute atomic E-state index is 13.7. The van der Waals surface area contributed by atoms with Crippen LogP contribution in [0.1, 0.15) is 30.6 Å². The number of fused-ring (bicyclic) bond motifs is 1. The molecule has 1 aliphatic rings. The molecule has 0 aliphatic carbocycles. The first-order valence-corrected chi connectivity index (χ1v) is 9.66. The number of amides is 1. The molecule has 0 saturated heterocycles. The number of sulfonamides is 1. The Morgan fingerprint density at radius 3 is 2.59 bits per heavy atom. The molecule has 0 fully saturated rings. The van der Waals surface area contributed by atoms with Gasteiger partial charge in [0, 0.05) is 18.2 Å². The minimum atomic E-state index is -3.94. The molecule has 9 heteroatoms. The number of amidine groups is 1. The van der Waals surface area contributed by atoms with E-state index in [1.165, 1.54) is 18.2 Å². The molecule has 27 heavy (non-hydrogen) atoms. The SMILES string of the molecule is CCCN1C(C)=NS(=O)(=O)c2cc(C(=O)Nc3ccc(F)cc3F)ccc21. The first-order chi connectivity index (χ1) is 12.7. The molecule has 1 amide bonds. The third-order valence-corrected chi connectivity index (χ3v) is 5.45. The molecule has 2 aromatic carbocycles. The summed E-state index contributed by atoms with van der Waals surface area (Å²) in [7, 11) is -3.94. The molecule has 142 valence electrons. The zero-order valence-corrected chi connectivity index (χ0v) is 15.5. The van der Waals surface area contributed by atoms with E-state index in [9.17, 15) is 22.0 Å². The molecule has 0 spiro atoms. The molecule has 6 nitrogen and oxygen atoms in total. The quantitative estimate of drug-likeness (QED) is 0.862. The van der Waals surface area contributed by atoms with Gasteiger partial charge in [-0.1, -0.05) is 6.92 Å². The Balaban J connectivity index is 1.97. The fraction of sp³-hybridized carbons (Fsp3) is 0.222. The van der Waals surface area contributed by atoms with E-state index in [0.29, 0.717) is 24.1 Å². The molecule has 0 atom stereocenters.